The summed E-state index contributed by atoms with van der Waals surface area (Å²) in [4.78, 5) is 1.94. The lowest BCUT2D eigenvalue weighted by Crippen LogP contribution is -2.21. The predicted molar refractivity (Wildman–Crippen MR) is 192 cm³/mol. The Balaban J connectivity index is 0.000000200. The molecule has 6 rings (SSSR count). The van der Waals surface area contributed by atoms with Gasteiger partial charge in [0, 0.05) is 49.3 Å². The molecule has 0 unspecified atom stereocenters. The molecule has 4 aromatic rings. The van der Waals surface area contributed by atoms with Gasteiger partial charge in [-0.15, -0.1) is 0 Å². The number of fused-ring (bicyclic) bond motifs is 2. The second-order valence-electron chi connectivity index (χ2n) is 11.8. The molecule has 0 fully saturated rings. The lowest BCUT2D eigenvalue weighted by Gasteiger charge is -2.14. The van der Waals surface area contributed by atoms with Crippen LogP contribution in [0.25, 0.3) is 22.3 Å². The van der Waals surface area contributed by atoms with Crippen LogP contribution < -0.4 is 14.8 Å². The Morgan fingerprint density at radius 2 is 1.28 bits per heavy atom. The molecular formula is C40H47N2O4+. The number of rotatable bonds is 3. The van der Waals surface area contributed by atoms with Gasteiger partial charge in [0.2, 0.25) is 5.36 Å². The molecule has 46 heavy (non-hydrogen) atoms. The Morgan fingerprint density at radius 3 is 1.87 bits per heavy atom. The van der Waals surface area contributed by atoms with Crippen LogP contribution in [0.5, 0.6) is 17.2 Å². The topological polar surface area (TPSA) is 80.1 Å². The van der Waals surface area contributed by atoms with Crippen LogP contribution in [0, 0.1) is 20.8 Å². The number of anilines is 1. The number of phenols is 3. The van der Waals surface area contributed by atoms with Gasteiger partial charge < -0.3 is 24.6 Å². The Bertz CT molecular complexity index is 1930. The average Bonchev–Trinajstić information content (AvgIpc) is 2.98. The number of benzene rings is 5. The summed E-state index contributed by atoms with van der Waals surface area (Å²) in [5.74, 6) is 1.80. The van der Waals surface area contributed by atoms with Gasteiger partial charge in [-0.05, 0) is 91.1 Å². The highest BCUT2D eigenvalue weighted by Gasteiger charge is 2.09. The van der Waals surface area contributed by atoms with Crippen LogP contribution in [0.4, 0.5) is 5.69 Å². The average molecular weight is 620 g/mol. The predicted octanol–water partition coefficient (Wildman–Crippen LogP) is 8.28. The van der Waals surface area contributed by atoms with Crippen LogP contribution in [0.3, 0.4) is 0 Å². The molecule has 0 spiro atoms. The van der Waals surface area contributed by atoms with Crippen molar-refractivity contribution in [3.05, 3.63) is 136 Å². The van der Waals surface area contributed by atoms with Gasteiger partial charge in [-0.3, -0.25) is 0 Å². The van der Waals surface area contributed by atoms with Crippen molar-refractivity contribution in [2.24, 2.45) is 0 Å². The molecule has 3 N–H and O–H groups in total. The van der Waals surface area contributed by atoms with E-state index in [1.807, 2.05) is 83.3 Å². The molecule has 0 bridgehead atoms. The summed E-state index contributed by atoms with van der Waals surface area (Å²) >= 11 is 0. The summed E-state index contributed by atoms with van der Waals surface area (Å²) < 4.78 is 8.07. The van der Waals surface area contributed by atoms with E-state index in [0.29, 0.717) is 12.2 Å². The van der Waals surface area contributed by atoms with E-state index in [-0.39, 0.29) is 18.9 Å². The first-order valence-corrected chi connectivity index (χ1v) is 14.9. The molecule has 1 heterocycles. The highest BCUT2D eigenvalue weighted by atomic mass is 16.3. The number of aryl methyl sites for hydroxylation is 3. The molecule has 0 saturated carbocycles. The number of hydrogen-bond acceptors (Lipinski definition) is 5. The minimum absolute atomic E-state index is 0. The van der Waals surface area contributed by atoms with Gasteiger partial charge in [-0.25, -0.2) is 4.58 Å². The standard InChI is InChI=1S/C16H19NO2.C16H16NO.C7H8O.CH4/c1-11-4-5-12(15(18)8-11)9-13-6-7-14(17(2)3)10-16(13)19;1-11-4-5-12-9-13-6-7-14(17(2)3)10-16(13)18-15(12)8-11;1-6-3-2-4-7(8)5-6;/h4-8,10,18-19H,9H2,1-3H3;4-10H,1-3H3;2-5,8H,1H3;1H4/q;+1;;. The summed E-state index contributed by atoms with van der Waals surface area (Å²) in [7, 11) is 7.93. The Hall–Kier alpha value is -5.23. The number of nitrogens with zero attached hydrogens (tertiary/aromatic N) is 2. The third-order valence-electron chi connectivity index (χ3n) is 7.42. The molecule has 6 nitrogen and oxygen atoms in total. The zero-order valence-electron chi connectivity index (χ0n) is 27.2. The fourth-order valence-electron chi connectivity index (χ4n) is 4.78. The lowest BCUT2D eigenvalue weighted by atomic mass is 10.0. The molecule has 0 radical (unpaired) electrons. The molecule has 0 amide bonds. The number of aromatic hydroxyl groups is 3. The smallest absolute Gasteiger partial charge is 0.203 e. The van der Waals surface area contributed by atoms with Crippen LogP contribution in [-0.2, 0) is 6.42 Å². The second-order valence-corrected chi connectivity index (χ2v) is 11.8. The minimum Gasteiger partial charge on any atom is -0.508 e. The van der Waals surface area contributed by atoms with Crippen molar-refractivity contribution in [3.63, 3.8) is 0 Å². The van der Waals surface area contributed by atoms with Gasteiger partial charge in [-0.2, -0.15) is 0 Å². The number of phenolic OH excluding ortho intramolecular Hbond substituents is 3. The normalized spacial score (nSPS) is 10.2. The van der Waals surface area contributed by atoms with Gasteiger partial charge >= 0.3 is 0 Å². The van der Waals surface area contributed by atoms with Crippen molar-refractivity contribution in [3.8, 4) is 28.6 Å². The highest BCUT2D eigenvalue weighted by molar-refractivity contribution is 5.83. The summed E-state index contributed by atoms with van der Waals surface area (Å²) in [5.41, 5.74) is 7.99. The first-order chi connectivity index (χ1) is 21.4. The lowest BCUT2D eigenvalue weighted by molar-refractivity contribution is 0.462. The highest BCUT2D eigenvalue weighted by Crippen LogP contribution is 2.29. The zero-order valence-corrected chi connectivity index (χ0v) is 27.2. The largest absolute Gasteiger partial charge is 0.508 e. The van der Waals surface area contributed by atoms with Gasteiger partial charge in [-0.1, -0.05) is 49.9 Å². The minimum atomic E-state index is 0. The molecule has 1 aliphatic heterocycles. The molecular weight excluding hydrogens is 572 g/mol. The van der Waals surface area contributed by atoms with Crippen molar-refractivity contribution in [2.75, 3.05) is 33.1 Å². The van der Waals surface area contributed by atoms with E-state index in [2.05, 4.69) is 54.0 Å². The molecule has 0 saturated heterocycles. The van der Waals surface area contributed by atoms with Crippen molar-refractivity contribution in [2.45, 2.75) is 34.6 Å². The first-order valence-electron chi connectivity index (χ1n) is 14.9. The van der Waals surface area contributed by atoms with E-state index < -0.39 is 0 Å². The Morgan fingerprint density at radius 1 is 0.652 bits per heavy atom. The van der Waals surface area contributed by atoms with Gasteiger partial charge in [0.1, 0.15) is 42.7 Å². The van der Waals surface area contributed by atoms with E-state index in [0.717, 1.165) is 55.6 Å². The molecule has 0 atom stereocenters. The van der Waals surface area contributed by atoms with E-state index in [1.165, 1.54) is 5.56 Å². The quantitative estimate of drug-likeness (QED) is 0.137. The third-order valence-corrected chi connectivity index (χ3v) is 7.42. The summed E-state index contributed by atoms with van der Waals surface area (Å²) in [5, 5.41) is 31.0. The maximum absolute atomic E-state index is 10.0. The fraction of sp³-hybridized carbons (Fsp3) is 0.225. The van der Waals surface area contributed by atoms with E-state index >= 15 is 0 Å². The van der Waals surface area contributed by atoms with Crippen molar-refractivity contribution in [1.82, 2.24) is 4.58 Å². The van der Waals surface area contributed by atoms with Crippen LogP contribution in [0.1, 0.15) is 35.2 Å². The molecule has 4 aromatic carbocycles. The number of hydrogen-bond donors (Lipinski definition) is 3. The summed E-state index contributed by atoms with van der Waals surface area (Å²) in [6, 6.07) is 33.1. The van der Waals surface area contributed by atoms with Crippen LogP contribution in [-0.4, -0.2) is 43.5 Å². The van der Waals surface area contributed by atoms with Crippen molar-refractivity contribution in [1.29, 1.82) is 0 Å². The molecule has 240 valence electrons. The van der Waals surface area contributed by atoms with Crippen molar-refractivity contribution >= 4 is 16.7 Å². The fourth-order valence-corrected chi connectivity index (χ4v) is 4.78. The summed E-state index contributed by atoms with van der Waals surface area (Å²) in [6.45, 7) is 5.96. The second kappa shape index (κ2) is 15.7. The molecule has 1 aliphatic carbocycles. The SMILES string of the molecule is C.Cc1ccc(Cc2ccc(N(C)C)cc2O)c(O)c1.Cc1ccc2cc3ccc(=[N+](C)C)cc-3oc2c1.Cc1cccc(O)c1. The van der Waals surface area contributed by atoms with Crippen molar-refractivity contribution < 1.29 is 19.7 Å². The maximum atomic E-state index is 10.0. The van der Waals surface area contributed by atoms with E-state index in [4.69, 9.17) is 9.52 Å². The van der Waals surface area contributed by atoms with Crippen LogP contribution >= 0.6 is 0 Å². The van der Waals surface area contributed by atoms with Crippen LogP contribution in [0.2, 0.25) is 0 Å². The summed E-state index contributed by atoms with van der Waals surface area (Å²) in [6.07, 6.45) is 0.519. The monoisotopic (exact) mass is 619 g/mol. The maximum Gasteiger partial charge on any atom is 0.203 e. The Kier molecular flexibility index (Phi) is 12.0. The van der Waals surface area contributed by atoms with E-state index in [1.54, 1.807) is 24.3 Å². The van der Waals surface area contributed by atoms with Crippen LogP contribution in [0.15, 0.2) is 108 Å². The molecule has 0 aromatic heterocycles. The zero-order chi connectivity index (χ0) is 32.7. The first kappa shape index (κ1) is 35.3. The Labute approximate surface area is 273 Å². The third kappa shape index (κ3) is 9.38. The van der Waals surface area contributed by atoms with Gasteiger partial charge in [0.25, 0.3) is 0 Å². The molecule has 6 heteroatoms. The molecule has 2 aliphatic rings. The van der Waals surface area contributed by atoms with E-state index in [9.17, 15) is 10.2 Å². The van der Waals surface area contributed by atoms with Gasteiger partial charge in [0.15, 0.2) is 0 Å². The van der Waals surface area contributed by atoms with Gasteiger partial charge in [0.05, 0.1) is 6.07 Å².